The molecule has 7 nitrogen and oxygen atoms in total. The van der Waals surface area contributed by atoms with Crippen LogP contribution in [0.5, 0.6) is 0 Å². The Morgan fingerprint density at radius 1 is 1.00 bits per heavy atom. The van der Waals surface area contributed by atoms with Crippen molar-refractivity contribution in [2.45, 2.75) is 20.4 Å². The third kappa shape index (κ3) is 5.13. The minimum atomic E-state index is -0.836. The fourth-order valence-corrected chi connectivity index (χ4v) is 2.78. The van der Waals surface area contributed by atoms with E-state index in [0.29, 0.717) is 23.0 Å². The first-order chi connectivity index (χ1) is 14.2. The zero-order valence-electron chi connectivity index (χ0n) is 16.2. The molecule has 3 rings (SSSR count). The number of anilines is 2. The first-order valence-corrected chi connectivity index (χ1v) is 8.94. The number of nitrogens with one attached hydrogen (secondary N) is 2. The topological polar surface area (TPSA) is 93.1 Å². The molecular weight excluding hydrogens is 394 g/mol. The van der Waals surface area contributed by atoms with Gasteiger partial charge in [0.05, 0.1) is 5.69 Å². The van der Waals surface area contributed by atoms with E-state index in [9.17, 15) is 23.2 Å². The summed E-state index contributed by atoms with van der Waals surface area (Å²) in [5, 5.41) is 9.24. The second-order valence-electron chi connectivity index (χ2n) is 6.63. The molecule has 1 aromatic heterocycles. The van der Waals surface area contributed by atoms with Gasteiger partial charge >= 0.3 is 0 Å². The summed E-state index contributed by atoms with van der Waals surface area (Å²) in [6.07, 6.45) is 0. The number of carbonyl (C=O) groups is 2. The molecule has 0 unspecified atom stereocenters. The Morgan fingerprint density at radius 3 is 2.37 bits per heavy atom. The maximum atomic E-state index is 13.3. The van der Waals surface area contributed by atoms with Gasteiger partial charge in [0.2, 0.25) is 11.8 Å². The van der Waals surface area contributed by atoms with Gasteiger partial charge in [-0.2, -0.15) is 5.10 Å². The number of amides is 2. The zero-order chi connectivity index (χ0) is 21.8. The third-order valence-corrected chi connectivity index (χ3v) is 4.15. The molecule has 2 amide bonds. The second kappa shape index (κ2) is 8.64. The van der Waals surface area contributed by atoms with Crippen molar-refractivity contribution in [2.24, 2.45) is 0 Å². The Hall–Kier alpha value is -3.88. The molecule has 0 saturated heterocycles. The van der Waals surface area contributed by atoms with Crippen molar-refractivity contribution in [2.75, 3.05) is 10.6 Å². The van der Waals surface area contributed by atoms with Gasteiger partial charge in [-0.1, -0.05) is 12.1 Å². The first kappa shape index (κ1) is 20.8. The first-order valence-electron chi connectivity index (χ1n) is 8.94. The molecule has 0 spiro atoms. The standard InChI is InChI=1S/C21H18F2N4O3/c1-12-3-4-14(7-19(12)24-13(2)28)18-5-6-21(30)27(26-18)11-20(29)25-17-9-15(22)8-16(23)10-17/h3-10H,11H2,1-2H3,(H,24,28)(H,25,29). The Labute approximate surface area is 170 Å². The van der Waals surface area contributed by atoms with Crippen molar-refractivity contribution < 1.29 is 18.4 Å². The number of carbonyl (C=O) groups excluding carboxylic acids is 2. The number of hydrogen-bond acceptors (Lipinski definition) is 4. The minimum Gasteiger partial charge on any atom is -0.326 e. The van der Waals surface area contributed by atoms with Gasteiger partial charge in [0.15, 0.2) is 0 Å². The third-order valence-electron chi connectivity index (χ3n) is 4.15. The fourth-order valence-electron chi connectivity index (χ4n) is 2.78. The van der Waals surface area contributed by atoms with Crippen molar-refractivity contribution in [3.05, 3.63) is 76.1 Å². The summed E-state index contributed by atoms with van der Waals surface area (Å²) in [6, 6.07) is 10.6. The van der Waals surface area contributed by atoms with Crippen LogP contribution in [0.4, 0.5) is 20.2 Å². The molecule has 2 N–H and O–H groups in total. The van der Waals surface area contributed by atoms with Gasteiger partial charge in [-0.3, -0.25) is 14.4 Å². The lowest BCUT2D eigenvalue weighted by atomic mass is 10.1. The van der Waals surface area contributed by atoms with Crippen LogP contribution in [-0.4, -0.2) is 21.6 Å². The number of hydrogen-bond donors (Lipinski definition) is 2. The van der Waals surface area contributed by atoms with Gasteiger partial charge in [0.1, 0.15) is 18.2 Å². The number of aromatic nitrogens is 2. The van der Waals surface area contributed by atoms with Crippen LogP contribution in [0.15, 0.2) is 53.3 Å². The highest BCUT2D eigenvalue weighted by atomic mass is 19.1. The summed E-state index contributed by atoms with van der Waals surface area (Å²) in [5.41, 5.74) is 1.90. The van der Waals surface area contributed by atoms with Crippen LogP contribution < -0.4 is 16.2 Å². The molecular formula is C21H18F2N4O3. The molecule has 3 aromatic rings. The van der Waals surface area contributed by atoms with E-state index in [1.807, 2.05) is 6.92 Å². The van der Waals surface area contributed by atoms with Crippen molar-refractivity contribution in [3.8, 4) is 11.3 Å². The highest BCUT2D eigenvalue weighted by Gasteiger charge is 2.11. The number of nitrogens with zero attached hydrogens (tertiary/aromatic N) is 2. The molecule has 154 valence electrons. The molecule has 0 aliphatic carbocycles. The van der Waals surface area contributed by atoms with E-state index in [1.165, 1.54) is 19.1 Å². The lowest BCUT2D eigenvalue weighted by Crippen LogP contribution is -2.29. The zero-order valence-corrected chi connectivity index (χ0v) is 16.2. The highest BCUT2D eigenvalue weighted by molar-refractivity contribution is 5.91. The van der Waals surface area contributed by atoms with E-state index < -0.39 is 29.6 Å². The average Bonchev–Trinajstić information content (AvgIpc) is 2.64. The average molecular weight is 412 g/mol. The van der Waals surface area contributed by atoms with Gasteiger partial charge < -0.3 is 10.6 Å². The molecule has 0 aliphatic rings. The predicted octanol–water partition coefficient (Wildman–Crippen LogP) is 3.09. The van der Waals surface area contributed by atoms with E-state index in [1.54, 1.807) is 18.2 Å². The van der Waals surface area contributed by atoms with Crippen LogP contribution in [0.2, 0.25) is 0 Å². The van der Waals surface area contributed by atoms with E-state index >= 15 is 0 Å². The summed E-state index contributed by atoms with van der Waals surface area (Å²) in [6.45, 7) is 2.78. The van der Waals surface area contributed by atoms with Gasteiger partial charge in [0, 0.05) is 36.0 Å². The summed E-state index contributed by atoms with van der Waals surface area (Å²) >= 11 is 0. The van der Waals surface area contributed by atoms with Gasteiger partial charge in [-0.05, 0) is 36.8 Å². The minimum absolute atomic E-state index is 0.0693. The molecule has 0 saturated carbocycles. The number of benzene rings is 2. The smallest absolute Gasteiger partial charge is 0.267 e. The van der Waals surface area contributed by atoms with Gasteiger partial charge in [0.25, 0.3) is 5.56 Å². The second-order valence-corrected chi connectivity index (χ2v) is 6.63. The van der Waals surface area contributed by atoms with Crippen molar-refractivity contribution in [3.63, 3.8) is 0 Å². The van der Waals surface area contributed by atoms with Crippen LogP contribution in [0.3, 0.4) is 0 Å². The van der Waals surface area contributed by atoms with Gasteiger partial charge in [-0.25, -0.2) is 13.5 Å². The largest absolute Gasteiger partial charge is 0.326 e. The highest BCUT2D eigenvalue weighted by Crippen LogP contribution is 2.23. The molecule has 0 radical (unpaired) electrons. The Morgan fingerprint density at radius 2 is 1.70 bits per heavy atom. The summed E-state index contributed by atoms with van der Waals surface area (Å²) < 4.78 is 27.5. The van der Waals surface area contributed by atoms with Crippen LogP contribution in [0.25, 0.3) is 11.3 Å². The lowest BCUT2D eigenvalue weighted by Gasteiger charge is -2.11. The molecule has 1 heterocycles. The SMILES string of the molecule is CC(=O)Nc1cc(-c2ccc(=O)n(CC(=O)Nc3cc(F)cc(F)c3)n2)ccc1C. The summed E-state index contributed by atoms with van der Waals surface area (Å²) in [4.78, 5) is 35.7. The summed E-state index contributed by atoms with van der Waals surface area (Å²) in [7, 11) is 0. The normalized spacial score (nSPS) is 10.5. The molecule has 30 heavy (non-hydrogen) atoms. The summed E-state index contributed by atoms with van der Waals surface area (Å²) in [5.74, 6) is -2.57. The molecule has 0 aliphatic heterocycles. The van der Waals surface area contributed by atoms with Crippen LogP contribution in [0, 0.1) is 18.6 Å². The van der Waals surface area contributed by atoms with Crippen LogP contribution in [0.1, 0.15) is 12.5 Å². The quantitative estimate of drug-likeness (QED) is 0.674. The lowest BCUT2D eigenvalue weighted by molar-refractivity contribution is -0.117. The van der Waals surface area contributed by atoms with E-state index in [4.69, 9.17) is 0 Å². The van der Waals surface area contributed by atoms with Crippen LogP contribution in [-0.2, 0) is 16.1 Å². The Bertz CT molecular complexity index is 1170. The van der Waals surface area contributed by atoms with Crippen molar-refractivity contribution in [1.82, 2.24) is 9.78 Å². The molecule has 2 aromatic carbocycles. The maximum Gasteiger partial charge on any atom is 0.267 e. The van der Waals surface area contributed by atoms with E-state index in [2.05, 4.69) is 15.7 Å². The Kier molecular flexibility index (Phi) is 6.01. The van der Waals surface area contributed by atoms with E-state index in [0.717, 1.165) is 22.4 Å². The monoisotopic (exact) mass is 412 g/mol. The molecule has 0 fully saturated rings. The molecule has 0 atom stereocenters. The Balaban J connectivity index is 1.84. The number of halogens is 2. The number of rotatable bonds is 5. The van der Waals surface area contributed by atoms with Crippen molar-refractivity contribution >= 4 is 23.2 Å². The van der Waals surface area contributed by atoms with Crippen molar-refractivity contribution in [1.29, 1.82) is 0 Å². The number of aryl methyl sites for hydroxylation is 1. The predicted molar refractivity (Wildman–Crippen MR) is 108 cm³/mol. The van der Waals surface area contributed by atoms with Gasteiger partial charge in [-0.15, -0.1) is 0 Å². The molecule has 0 bridgehead atoms. The molecule has 9 heteroatoms. The maximum absolute atomic E-state index is 13.3. The fraction of sp³-hybridized carbons (Fsp3) is 0.143. The van der Waals surface area contributed by atoms with Crippen LogP contribution >= 0.6 is 0 Å². The van der Waals surface area contributed by atoms with E-state index in [-0.39, 0.29) is 11.6 Å².